The van der Waals surface area contributed by atoms with Gasteiger partial charge in [-0.05, 0) is 67.0 Å². The summed E-state index contributed by atoms with van der Waals surface area (Å²) in [6, 6.07) is 22.1. The van der Waals surface area contributed by atoms with Crippen LogP contribution in [0, 0.1) is 5.82 Å². The molecule has 5 rings (SSSR count). The number of nitrogens with one attached hydrogen (secondary N) is 1. The Kier molecular flexibility index (Phi) is 6.26. The summed E-state index contributed by atoms with van der Waals surface area (Å²) in [6.45, 7) is 4.24. The second kappa shape index (κ2) is 9.49. The Labute approximate surface area is 203 Å². The number of benzene rings is 3. The van der Waals surface area contributed by atoms with Gasteiger partial charge in [-0.15, -0.1) is 0 Å². The molecular weight excluding hydrogens is 451 g/mol. The molecule has 0 spiro atoms. The maximum Gasteiger partial charge on any atom is 0.251 e. The van der Waals surface area contributed by atoms with Gasteiger partial charge in [0.1, 0.15) is 5.82 Å². The summed E-state index contributed by atoms with van der Waals surface area (Å²) >= 11 is 6.22. The molecule has 0 radical (unpaired) electrons. The van der Waals surface area contributed by atoms with Crippen molar-refractivity contribution >= 4 is 39.6 Å². The molecule has 1 saturated heterocycles. The second-order valence-electron chi connectivity index (χ2n) is 8.69. The van der Waals surface area contributed by atoms with Crippen LogP contribution in [0.1, 0.15) is 5.56 Å². The molecular formula is C27H26ClFN4O. The molecule has 1 N–H and O–H groups in total. The van der Waals surface area contributed by atoms with Crippen molar-refractivity contribution in [1.82, 2.24) is 9.47 Å². The van der Waals surface area contributed by atoms with Crippen molar-refractivity contribution in [2.45, 2.75) is 6.54 Å². The molecule has 0 aliphatic carbocycles. The fraction of sp³-hybridized carbons (Fsp3) is 0.222. The van der Waals surface area contributed by atoms with E-state index in [0.29, 0.717) is 16.1 Å². The van der Waals surface area contributed by atoms with Gasteiger partial charge >= 0.3 is 0 Å². The van der Waals surface area contributed by atoms with Gasteiger partial charge in [0.2, 0.25) is 0 Å². The minimum atomic E-state index is -0.425. The summed E-state index contributed by atoms with van der Waals surface area (Å²) in [5, 5.41) is 4.62. The molecule has 0 atom stereocenters. The van der Waals surface area contributed by atoms with Gasteiger partial charge < -0.3 is 19.7 Å². The van der Waals surface area contributed by atoms with Gasteiger partial charge in [0.15, 0.2) is 0 Å². The summed E-state index contributed by atoms with van der Waals surface area (Å²) in [5.41, 5.74) is 3.83. The Hall–Kier alpha value is -3.35. The van der Waals surface area contributed by atoms with Crippen molar-refractivity contribution in [2.24, 2.45) is 0 Å². The maximum absolute atomic E-state index is 14.4. The molecule has 0 saturated carbocycles. The first-order valence-electron chi connectivity index (χ1n) is 11.3. The maximum atomic E-state index is 14.4. The SMILES string of the molecule is CN1CCN(c2ccc(Nc3ccc4ccc(=O)n(Cc5c(F)cccc5Cl)c4c3)cc2)CC1. The van der Waals surface area contributed by atoms with E-state index >= 15 is 0 Å². The monoisotopic (exact) mass is 476 g/mol. The van der Waals surface area contributed by atoms with Crippen molar-refractivity contribution in [3.05, 3.63) is 99.6 Å². The number of pyridine rings is 1. The number of fused-ring (bicyclic) bond motifs is 1. The molecule has 1 aromatic heterocycles. The van der Waals surface area contributed by atoms with E-state index in [4.69, 9.17) is 11.6 Å². The number of rotatable bonds is 5. The van der Waals surface area contributed by atoms with Gasteiger partial charge in [-0.1, -0.05) is 23.7 Å². The minimum absolute atomic E-state index is 0.0604. The third-order valence-corrected chi connectivity index (χ3v) is 6.75. The quantitative estimate of drug-likeness (QED) is 0.422. The van der Waals surface area contributed by atoms with E-state index in [1.807, 2.05) is 18.2 Å². The first-order chi connectivity index (χ1) is 16.5. The van der Waals surface area contributed by atoms with E-state index in [2.05, 4.69) is 46.4 Å². The molecule has 0 amide bonds. The molecule has 1 aliphatic rings. The third-order valence-electron chi connectivity index (χ3n) is 6.40. The average molecular weight is 477 g/mol. The Morgan fingerprint density at radius 3 is 2.35 bits per heavy atom. The Morgan fingerprint density at radius 2 is 1.62 bits per heavy atom. The fourth-order valence-corrected chi connectivity index (χ4v) is 4.58. The second-order valence-corrected chi connectivity index (χ2v) is 9.10. The van der Waals surface area contributed by atoms with Gasteiger partial charge in [0.05, 0.1) is 12.1 Å². The molecule has 174 valence electrons. The largest absolute Gasteiger partial charge is 0.369 e. The first-order valence-corrected chi connectivity index (χ1v) is 11.7. The van der Waals surface area contributed by atoms with Crippen LogP contribution in [0.25, 0.3) is 10.9 Å². The number of hydrogen-bond acceptors (Lipinski definition) is 4. The van der Waals surface area contributed by atoms with Crippen LogP contribution in [0.4, 0.5) is 21.5 Å². The smallest absolute Gasteiger partial charge is 0.251 e. The summed E-state index contributed by atoms with van der Waals surface area (Å²) in [7, 11) is 2.15. The van der Waals surface area contributed by atoms with Gasteiger partial charge in [-0.25, -0.2) is 4.39 Å². The molecule has 4 aromatic rings. The van der Waals surface area contributed by atoms with Crippen LogP contribution in [0.15, 0.2) is 77.6 Å². The van der Waals surface area contributed by atoms with Crippen molar-refractivity contribution < 1.29 is 4.39 Å². The lowest BCUT2D eigenvalue weighted by molar-refractivity contribution is 0.313. The highest BCUT2D eigenvalue weighted by atomic mass is 35.5. The van der Waals surface area contributed by atoms with Crippen molar-refractivity contribution in [2.75, 3.05) is 43.4 Å². The van der Waals surface area contributed by atoms with Crippen LogP contribution in [0.5, 0.6) is 0 Å². The highest BCUT2D eigenvalue weighted by Crippen LogP contribution is 2.26. The molecule has 7 heteroatoms. The lowest BCUT2D eigenvalue weighted by Crippen LogP contribution is -2.44. The highest BCUT2D eigenvalue weighted by Gasteiger charge is 2.14. The van der Waals surface area contributed by atoms with Crippen LogP contribution in [0.3, 0.4) is 0 Å². The van der Waals surface area contributed by atoms with Crippen LogP contribution in [-0.4, -0.2) is 42.7 Å². The number of aromatic nitrogens is 1. The van der Waals surface area contributed by atoms with Gasteiger partial charge in [0, 0.05) is 59.9 Å². The van der Waals surface area contributed by atoms with Gasteiger partial charge in [0.25, 0.3) is 5.56 Å². The lowest BCUT2D eigenvalue weighted by atomic mass is 10.1. The molecule has 34 heavy (non-hydrogen) atoms. The Balaban J connectivity index is 1.41. The summed E-state index contributed by atoms with van der Waals surface area (Å²) in [6.07, 6.45) is 0. The molecule has 2 heterocycles. The topological polar surface area (TPSA) is 40.5 Å². The molecule has 5 nitrogen and oxygen atoms in total. The molecule has 0 unspecified atom stereocenters. The summed E-state index contributed by atoms with van der Waals surface area (Å²) in [5.74, 6) is -0.425. The fourth-order valence-electron chi connectivity index (χ4n) is 4.36. The minimum Gasteiger partial charge on any atom is -0.369 e. The van der Waals surface area contributed by atoms with Crippen molar-refractivity contribution in [3.63, 3.8) is 0 Å². The zero-order valence-electron chi connectivity index (χ0n) is 19.0. The van der Waals surface area contributed by atoms with E-state index in [1.165, 1.54) is 17.8 Å². The normalized spacial score (nSPS) is 14.5. The van der Waals surface area contributed by atoms with Gasteiger partial charge in [-0.2, -0.15) is 0 Å². The number of anilines is 3. The van der Waals surface area contributed by atoms with Crippen LogP contribution in [0.2, 0.25) is 5.02 Å². The number of piperazine rings is 1. The number of halogens is 2. The number of likely N-dealkylation sites (N-methyl/N-ethyl adjacent to an activating group) is 1. The average Bonchev–Trinajstić information content (AvgIpc) is 2.84. The molecule has 0 bridgehead atoms. The highest BCUT2D eigenvalue weighted by molar-refractivity contribution is 6.31. The van der Waals surface area contributed by atoms with Crippen LogP contribution >= 0.6 is 11.6 Å². The Bertz CT molecular complexity index is 1360. The first kappa shape index (κ1) is 22.4. The van der Waals surface area contributed by atoms with Crippen LogP contribution in [-0.2, 0) is 6.54 Å². The van der Waals surface area contributed by atoms with E-state index in [-0.39, 0.29) is 12.1 Å². The summed E-state index contributed by atoms with van der Waals surface area (Å²) in [4.78, 5) is 17.4. The zero-order valence-corrected chi connectivity index (χ0v) is 19.7. The third kappa shape index (κ3) is 4.65. The predicted octanol–water partition coefficient (Wildman–Crippen LogP) is 5.34. The molecule has 1 fully saturated rings. The zero-order chi connectivity index (χ0) is 23.7. The lowest BCUT2D eigenvalue weighted by Gasteiger charge is -2.34. The predicted molar refractivity (Wildman–Crippen MR) is 138 cm³/mol. The van der Waals surface area contributed by atoms with Crippen molar-refractivity contribution in [3.8, 4) is 0 Å². The van der Waals surface area contributed by atoms with E-state index in [9.17, 15) is 9.18 Å². The van der Waals surface area contributed by atoms with Crippen molar-refractivity contribution in [1.29, 1.82) is 0 Å². The van der Waals surface area contributed by atoms with E-state index in [1.54, 1.807) is 22.8 Å². The van der Waals surface area contributed by atoms with E-state index in [0.717, 1.165) is 42.9 Å². The van der Waals surface area contributed by atoms with Crippen LogP contribution < -0.4 is 15.8 Å². The molecule has 3 aromatic carbocycles. The Morgan fingerprint density at radius 1 is 0.912 bits per heavy atom. The van der Waals surface area contributed by atoms with E-state index < -0.39 is 5.82 Å². The standard InChI is InChI=1S/C27H26ClFN4O/c1-31-13-15-32(16-14-31)22-10-8-20(9-11-22)30-21-7-5-19-6-12-27(34)33(26(19)17-21)18-23-24(28)3-2-4-25(23)29/h2-12,17,30H,13-16,18H2,1H3. The van der Waals surface area contributed by atoms with Gasteiger partial charge in [-0.3, -0.25) is 4.79 Å². The summed E-state index contributed by atoms with van der Waals surface area (Å²) < 4.78 is 16.0. The number of nitrogens with zero attached hydrogens (tertiary/aromatic N) is 3. The number of hydrogen-bond donors (Lipinski definition) is 1. The molecule has 1 aliphatic heterocycles.